The number of anilines is 2. The number of nitrogens with one attached hydrogen (secondary N) is 2. The highest BCUT2D eigenvalue weighted by Crippen LogP contribution is 2.32. The summed E-state index contributed by atoms with van der Waals surface area (Å²) in [4.78, 5) is 50.1. The first-order valence-corrected chi connectivity index (χ1v) is 13.7. The molecule has 0 unspecified atom stereocenters. The van der Waals surface area contributed by atoms with Crippen LogP contribution >= 0.6 is 11.8 Å². The van der Waals surface area contributed by atoms with E-state index >= 15 is 0 Å². The highest BCUT2D eigenvalue weighted by molar-refractivity contribution is 8.18. The maximum absolute atomic E-state index is 12.7. The Labute approximate surface area is 212 Å². The second-order valence-electron chi connectivity index (χ2n) is 8.02. The lowest BCUT2D eigenvalue weighted by Crippen LogP contribution is -2.29. The molecule has 0 spiro atoms. The summed E-state index contributed by atoms with van der Waals surface area (Å²) in [5.41, 5.74) is 1.72. The molecule has 0 aliphatic carbocycles. The number of benzene rings is 2. The van der Waals surface area contributed by atoms with E-state index in [9.17, 15) is 32.7 Å². The van der Waals surface area contributed by atoms with Crippen LogP contribution in [0.1, 0.15) is 41.3 Å². The standard InChI is InChI=1S/C24H25N3O7S2/c1-3-15-6-8-16(9-7-15)13-20-22(29)27(24(32)35-20)12-4-5-21(28)25-17-10-11-18(23(30)31)19(14-17)26-36(2,33)34/h6-11,13-14,26H,3-5,12H2,1-2H3,(H,25,28)(H,30,31)/b20-13-. The zero-order valence-electron chi connectivity index (χ0n) is 19.6. The molecule has 1 aliphatic heterocycles. The predicted molar refractivity (Wildman–Crippen MR) is 138 cm³/mol. The zero-order chi connectivity index (χ0) is 26.5. The van der Waals surface area contributed by atoms with Gasteiger partial charge in [0.2, 0.25) is 15.9 Å². The molecule has 1 fully saturated rings. The van der Waals surface area contributed by atoms with Gasteiger partial charge < -0.3 is 10.4 Å². The topological polar surface area (TPSA) is 150 Å². The van der Waals surface area contributed by atoms with Crippen LogP contribution in [0.5, 0.6) is 0 Å². The van der Waals surface area contributed by atoms with Gasteiger partial charge in [-0.15, -0.1) is 0 Å². The number of hydrogen-bond donors (Lipinski definition) is 3. The Balaban J connectivity index is 1.57. The number of aryl methyl sites for hydroxylation is 1. The molecule has 0 atom stereocenters. The summed E-state index contributed by atoms with van der Waals surface area (Å²) in [5, 5.41) is 11.4. The first-order valence-electron chi connectivity index (χ1n) is 11.0. The van der Waals surface area contributed by atoms with Crippen molar-refractivity contribution in [2.75, 3.05) is 22.8 Å². The molecule has 0 radical (unpaired) electrons. The van der Waals surface area contributed by atoms with Gasteiger partial charge in [0, 0.05) is 18.7 Å². The molecular formula is C24H25N3O7S2. The molecule has 2 aromatic carbocycles. The molecule has 10 nitrogen and oxygen atoms in total. The molecule has 1 heterocycles. The zero-order valence-corrected chi connectivity index (χ0v) is 21.2. The van der Waals surface area contributed by atoms with Crippen LogP contribution in [0.3, 0.4) is 0 Å². The van der Waals surface area contributed by atoms with Gasteiger partial charge in [-0.05, 0) is 60.0 Å². The quantitative estimate of drug-likeness (QED) is 0.392. The van der Waals surface area contributed by atoms with E-state index in [2.05, 4.69) is 10.0 Å². The van der Waals surface area contributed by atoms with Gasteiger partial charge in [-0.2, -0.15) is 0 Å². The number of imide groups is 1. The van der Waals surface area contributed by atoms with Crippen molar-refractivity contribution in [2.45, 2.75) is 26.2 Å². The first-order chi connectivity index (χ1) is 17.0. The molecule has 3 N–H and O–H groups in total. The Bertz CT molecular complexity index is 1340. The minimum atomic E-state index is -3.74. The van der Waals surface area contributed by atoms with E-state index in [1.54, 1.807) is 6.08 Å². The Kier molecular flexibility index (Phi) is 8.53. The molecule has 12 heteroatoms. The molecule has 1 saturated heterocycles. The van der Waals surface area contributed by atoms with Crippen molar-refractivity contribution in [3.63, 3.8) is 0 Å². The second kappa shape index (κ2) is 11.4. The van der Waals surface area contributed by atoms with Crippen molar-refractivity contribution < 1.29 is 32.7 Å². The third-order valence-electron chi connectivity index (χ3n) is 5.17. The largest absolute Gasteiger partial charge is 0.478 e. The molecule has 1 aliphatic rings. The van der Waals surface area contributed by atoms with Crippen LogP contribution in [0.4, 0.5) is 16.2 Å². The van der Waals surface area contributed by atoms with Crippen molar-refractivity contribution in [1.29, 1.82) is 0 Å². The normalized spacial score (nSPS) is 14.8. The summed E-state index contributed by atoms with van der Waals surface area (Å²) in [6.07, 6.45) is 3.64. The third-order valence-corrected chi connectivity index (χ3v) is 6.67. The Morgan fingerprint density at radius 3 is 2.42 bits per heavy atom. The number of carbonyl (C=O) groups is 4. The summed E-state index contributed by atoms with van der Waals surface area (Å²) in [6.45, 7) is 2.10. The molecule has 36 heavy (non-hydrogen) atoms. The summed E-state index contributed by atoms with van der Waals surface area (Å²) in [5.74, 6) is -2.18. The maximum atomic E-state index is 12.7. The number of sulfonamides is 1. The Morgan fingerprint density at radius 1 is 1.11 bits per heavy atom. The third kappa shape index (κ3) is 7.18. The molecule has 0 saturated carbocycles. The van der Waals surface area contributed by atoms with E-state index in [-0.39, 0.29) is 36.3 Å². The van der Waals surface area contributed by atoms with Gasteiger partial charge in [0.15, 0.2) is 0 Å². The number of aromatic carboxylic acids is 1. The fourth-order valence-corrected chi connectivity index (χ4v) is 4.84. The van der Waals surface area contributed by atoms with Crippen molar-refractivity contribution in [2.24, 2.45) is 0 Å². The lowest BCUT2D eigenvalue weighted by atomic mass is 10.1. The minimum Gasteiger partial charge on any atom is -0.478 e. The average molecular weight is 532 g/mol. The molecule has 0 bridgehead atoms. The molecular weight excluding hydrogens is 506 g/mol. The number of carbonyl (C=O) groups excluding carboxylic acids is 3. The van der Waals surface area contributed by atoms with E-state index in [0.717, 1.165) is 34.9 Å². The van der Waals surface area contributed by atoms with Gasteiger partial charge in [0.05, 0.1) is 22.4 Å². The van der Waals surface area contributed by atoms with Crippen LogP contribution < -0.4 is 10.0 Å². The number of rotatable bonds is 10. The van der Waals surface area contributed by atoms with Crippen LogP contribution in [0, 0.1) is 0 Å². The monoisotopic (exact) mass is 531 g/mol. The van der Waals surface area contributed by atoms with E-state index in [4.69, 9.17) is 0 Å². The number of amides is 3. The SMILES string of the molecule is CCc1ccc(/C=C2\SC(=O)N(CCCC(=O)Nc3ccc(C(=O)O)c(NS(C)(=O)=O)c3)C2=O)cc1. The van der Waals surface area contributed by atoms with Crippen LogP contribution in [-0.2, 0) is 26.0 Å². The van der Waals surface area contributed by atoms with Gasteiger partial charge >= 0.3 is 5.97 Å². The van der Waals surface area contributed by atoms with Gasteiger partial charge in [0.1, 0.15) is 0 Å². The summed E-state index contributed by atoms with van der Waals surface area (Å²) < 4.78 is 25.2. The van der Waals surface area contributed by atoms with Gasteiger partial charge in [-0.1, -0.05) is 31.2 Å². The van der Waals surface area contributed by atoms with Gasteiger partial charge in [-0.25, -0.2) is 13.2 Å². The lowest BCUT2D eigenvalue weighted by Gasteiger charge is -2.13. The molecule has 190 valence electrons. The highest BCUT2D eigenvalue weighted by atomic mass is 32.2. The van der Waals surface area contributed by atoms with Crippen LogP contribution in [-0.4, -0.2) is 54.2 Å². The number of thioether (sulfide) groups is 1. The minimum absolute atomic E-state index is 0.0191. The molecule has 0 aromatic heterocycles. The fourth-order valence-electron chi connectivity index (χ4n) is 3.41. The Hall–Kier alpha value is -3.64. The summed E-state index contributed by atoms with van der Waals surface area (Å²) >= 11 is 0.852. The van der Waals surface area contributed by atoms with E-state index in [1.165, 1.54) is 23.8 Å². The van der Waals surface area contributed by atoms with Crippen molar-refractivity contribution in [3.05, 3.63) is 64.1 Å². The lowest BCUT2D eigenvalue weighted by molar-refractivity contribution is -0.123. The number of nitrogens with zero attached hydrogens (tertiary/aromatic N) is 1. The molecule has 3 rings (SSSR count). The second-order valence-corrected chi connectivity index (χ2v) is 10.8. The molecule has 3 amide bonds. The Morgan fingerprint density at radius 2 is 1.81 bits per heavy atom. The molecule has 2 aromatic rings. The van der Waals surface area contributed by atoms with Crippen molar-refractivity contribution in [1.82, 2.24) is 4.90 Å². The fraction of sp³-hybridized carbons (Fsp3) is 0.250. The highest BCUT2D eigenvalue weighted by Gasteiger charge is 2.34. The van der Waals surface area contributed by atoms with Crippen molar-refractivity contribution in [3.8, 4) is 0 Å². The first kappa shape index (κ1) is 27.0. The number of carboxylic acid groups (broad SMARTS) is 1. The maximum Gasteiger partial charge on any atom is 0.337 e. The number of carboxylic acids is 1. The summed E-state index contributed by atoms with van der Waals surface area (Å²) in [6, 6.07) is 11.4. The van der Waals surface area contributed by atoms with Crippen LogP contribution in [0.15, 0.2) is 47.4 Å². The predicted octanol–water partition coefficient (Wildman–Crippen LogP) is 3.77. The van der Waals surface area contributed by atoms with Gasteiger partial charge in [0.25, 0.3) is 11.1 Å². The average Bonchev–Trinajstić information content (AvgIpc) is 3.05. The van der Waals surface area contributed by atoms with E-state index in [0.29, 0.717) is 4.91 Å². The smallest absolute Gasteiger partial charge is 0.337 e. The van der Waals surface area contributed by atoms with Crippen LogP contribution in [0.25, 0.3) is 6.08 Å². The van der Waals surface area contributed by atoms with Crippen LogP contribution in [0.2, 0.25) is 0 Å². The van der Waals surface area contributed by atoms with Crippen molar-refractivity contribution >= 4 is 62.3 Å². The van der Waals surface area contributed by atoms with E-state index < -0.39 is 33.0 Å². The van der Waals surface area contributed by atoms with Gasteiger partial charge in [-0.3, -0.25) is 24.0 Å². The van der Waals surface area contributed by atoms with E-state index in [1.807, 2.05) is 31.2 Å². The summed E-state index contributed by atoms with van der Waals surface area (Å²) in [7, 11) is -3.74. The number of hydrogen-bond acceptors (Lipinski definition) is 7.